The number of aryl methyl sites for hydroxylation is 3. The lowest BCUT2D eigenvalue weighted by molar-refractivity contribution is 0.101. The molecule has 7 heteroatoms. The third kappa shape index (κ3) is 5.02. The highest BCUT2D eigenvalue weighted by Crippen LogP contribution is 2.26. The summed E-state index contributed by atoms with van der Waals surface area (Å²) >= 11 is 6.14. The fourth-order valence-electron chi connectivity index (χ4n) is 3.59. The van der Waals surface area contributed by atoms with E-state index in [1.807, 2.05) is 38.1 Å². The first kappa shape index (κ1) is 23.3. The number of carbonyl (C=O) groups excluding carboxylic acids is 2. The highest BCUT2D eigenvalue weighted by Gasteiger charge is 2.23. The molecule has 0 aliphatic rings. The van der Waals surface area contributed by atoms with Crippen LogP contribution in [0.3, 0.4) is 0 Å². The summed E-state index contributed by atoms with van der Waals surface area (Å²) in [6, 6.07) is 19.4. The van der Waals surface area contributed by atoms with Gasteiger partial charge >= 0.3 is 0 Å². The topological polar surface area (TPSA) is 81.4 Å². The van der Waals surface area contributed by atoms with Gasteiger partial charge in [-0.3, -0.25) is 9.59 Å². The Balaban J connectivity index is 1.58. The molecule has 0 fully saturated rings. The predicted molar refractivity (Wildman–Crippen MR) is 131 cm³/mol. The predicted octanol–water partition coefficient (Wildman–Crippen LogP) is 6.32. The summed E-state index contributed by atoms with van der Waals surface area (Å²) in [4.78, 5) is 26.2. The number of amides is 1. The molecule has 3 aromatic carbocycles. The Morgan fingerprint density at radius 2 is 1.76 bits per heavy atom. The minimum atomic E-state index is -0.513. The summed E-state index contributed by atoms with van der Waals surface area (Å²) in [7, 11) is 0. The fourth-order valence-corrected chi connectivity index (χ4v) is 3.76. The average Bonchev–Trinajstić information content (AvgIpc) is 3.20. The Kier molecular flexibility index (Phi) is 6.80. The molecule has 0 atom stereocenters. The lowest BCUT2D eigenvalue weighted by Crippen LogP contribution is -2.18. The molecule has 0 spiro atoms. The van der Waals surface area contributed by atoms with Crippen molar-refractivity contribution < 1.29 is 18.8 Å². The summed E-state index contributed by atoms with van der Waals surface area (Å²) in [5.74, 6) is 0.422. The third-order valence-corrected chi connectivity index (χ3v) is 5.65. The number of anilines is 1. The van der Waals surface area contributed by atoms with Crippen molar-refractivity contribution in [1.29, 1.82) is 0 Å². The van der Waals surface area contributed by atoms with E-state index < -0.39 is 5.91 Å². The van der Waals surface area contributed by atoms with Crippen molar-refractivity contribution in [3.8, 4) is 5.75 Å². The fraction of sp³-hybridized carbons (Fsp3) is 0.148. The Morgan fingerprint density at radius 3 is 2.50 bits per heavy atom. The molecule has 0 saturated heterocycles. The van der Waals surface area contributed by atoms with Gasteiger partial charge < -0.3 is 14.6 Å². The highest BCUT2D eigenvalue weighted by molar-refractivity contribution is 6.31. The third-order valence-electron chi connectivity index (χ3n) is 5.41. The molecule has 1 N–H and O–H groups in total. The van der Waals surface area contributed by atoms with Gasteiger partial charge in [0.15, 0.2) is 11.5 Å². The molecular weight excluding hydrogens is 452 g/mol. The molecule has 0 unspecified atom stereocenters. The number of halogens is 1. The number of benzene rings is 3. The Labute approximate surface area is 202 Å². The molecule has 0 bridgehead atoms. The summed E-state index contributed by atoms with van der Waals surface area (Å²) < 4.78 is 11.2. The number of hydrogen-bond donors (Lipinski definition) is 1. The van der Waals surface area contributed by atoms with Gasteiger partial charge in [0.2, 0.25) is 0 Å². The zero-order valence-corrected chi connectivity index (χ0v) is 19.8. The second kappa shape index (κ2) is 9.93. The van der Waals surface area contributed by atoms with Crippen LogP contribution in [-0.2, 0) is 6.61 Å². The zero-order valence-electron chi connectivity index (χ0n) is 19.0. The van der Waals surface area contributed by atoms with Gasteiger partial charge in [0.05, 0.1) is 11.3 Å². The number of nitrogens with zero attached hydrogens (tertiary/aromatic N) is 1. The van der Waals surface area contributed by atoms with Crippen molar-refractivity contribution in [2.24, 2.45) is 0 Å². The van der Waals surface area contributed by atoms with Crippen LogP contribution in [0.4, 0.5) is 5.69 Å². The highest BCUT2D eigenvalue weighted by atomic mass is 35.5. The van der Waals surface area contributed by atoms with Gasteiger partial charge in [0.1, 0.15) is 18.1 Å². The monoisotopic (exact) mass is 474 g/mol. The maximum Gasteiger partial charge on any atom is 0.278 e. The molecule has 1 amide bonds. The SMILES string of the molecule is Cc1ccc(OCc2c(C(=O)Nc3ccc(Cl)cc3C(=O)c3ccccc3)noc2C)c(C)c1. The van der Waals surface area contributed by atoms with E-state index in [0.717, 1.165) is 11.1 Å². The number of carbonyl (C=O) groups is 2. The molecule has 6 nitrogen and oxygen atoms in total. The standard InChI is InChI=1S/C27H23ClN2O4/c1-16-9-12-24(17(2)13-16)33-15-22-18(3)34-30-25(22)27(32)29-23-11-10-20(28)14-21(23)26(31)19-7-5-4-6-8-19/h4-14H,15H2,1-3H3,(H,29,32). The molecule has 34 heavy (non-hydrogen) atoms. The Bertz CT molecular complexity index is 1360. The number of aromatic nitrogens is 1. The molecule has 0 aliphatic heterocycles. The lowest BCUT2D eigenvalue weighted by Gasteiger charge is -2.12. The van der Waals surface area contributed by atoms with Crippen molar-refractivity contribution in [1.82, 2.24) is 5.16 Å². The second-order valence-corrected chi connectivity index (χ2v) is 8.40. The van der Waals surface area contributed by atoms with Crippen LogP contribution in [0.5, 0.6) is 5.75 Å². The van der Waals surface area contributed by atoms with Crippen LogP contribution in [0.25, 0.3) is 0 Å². The van der Waals surface area contributed by atoms with Crippen LogP contribution in [0.1, 0.15) is 48.9 Å². The quantitative estimate of drug-likeness (QED) is 0.317. The molecule has 4 rings (SSSR count). The van der Waals surface area contributed by atoms with E-state index in [-0.39, 0.29) is 23.6 Å². The van der Waals surface area contributed by atoms with Crippen molar-refractivity contribution >= 4 is 29.0 Å². The molecule has 0 saturated carbocycles. The number of ketones is 1. The second-order valence-electron chi connectivity index (χ2n) is 7.96. The molecule has 4 aromatic rings. The van der Waals surface area contributed by atoms with Crippen molar-refractivity contribution in [2.75, 3.05) is 5.32 Å². The zero-order chi connectivity index (χ0) is 24.2. The van der Waals surface area contributed by atoms with E-state index in [4.69, 9.17) is 20.9 Å². The van der Waals surface area contributed by atoms with Crippen LogP contribution in [0, 0.1) is 20.8 Å². The van der Waals surface area contributed by atoms with Gasteiger partial charge in [-0.1, -0.05) is 64.8 Å². The summed E-state index contributed by atoms with van der Waals surface area (Å²) in [5.41, 5.74) is 3.84. The summed E-state index contributed by atoms with van der Waals surface area (Å²) in [6.45, 7) is 5.80. The van der Waals surface area contributed by atoms with Gasteiger partial charge in [0.25, 0.3) is 5.91 Å². The number of ether oxygens (including phenoxy) is 1. The maximum absolute atomic E-state index is 13.1. The smallest absolute Gasteiger partial charge is 0.278 e. The van der Waals surface area contributed by atoms with E-state index >= 15 is 0 Å². The first-order valence-corrected chi connectivity index (χ1v) is 11.1. The average molecular weight is 475 g/mol. The van der Waals surface area contributed by atoms with E-state index in [1.54, 1.807) is 43.3 Å². The van der Waals surface area contributed by atoms with Gasteiger partial charge in [-0.15, -0.1) is 0 Å². The van der Waals surface area contributed by atoms with Crippen LogP contribution < -0.4 is 10.1 Å². The molecule has 0 radical (unpaired) electrons. The van der Waals surface area contributed by atoms with Gasteiger partial charge in [-0.05, 0) is 50.6 Å². The summed E-state index contributed by atoms with van der Waals surface area (Å²) in [6.07, 6.45) is 0. The Morgan fingerprint density at radius 1 is 1.00 bits per heavy atom. The first-order valence-electron chi connectivity index (χ1n) is 10.7. The largest absolute Gasteiger partial charge is 0.488 e. The van der Waals surface area contributed by atoms with Gasteiger partial charge in [-0.25, -0.2) is 0 Å². The minimum absolute atomic E-state index is 0.0929. The molecule has 1 aromatic heterocycles. The Hall–Kier alpha value is -3.90. The van der Waals surface area contributed by atoms with Crippen molar-refractivity contribution in [2.45, 2.75) is 27.4 Å². The van der Waals surface area contributed by atoms with Crippen LogP contribution in [0.2, 0.25) is 5.02 Å². The molecule has 1 heterocycles. The maximum atomic E-state index is 13.1. The normalized spacial score (nSPS) is 10.7. The number of rotatable bonds is 7. The van der Waals surface area contributed by atoms with Crippen LogP contribution in [0.15, 0.2) is 71.3 Å². The van der Waals surface area contributed by atoms with Gasteiger partial charge in [-0.2, -0.15) is 0 Å². The molecule has 0 aliphatic carbocycles. The minimum Gasteiger partial charge on any atom is -0.488 e. The van der Waals surface area contributed by atoms with E-state index in [1.165, 1.54) is 6.07 Å². The van der Waals surface area contributed by atoms with E-state index in [2.05, 4.69) is 10.5 Å². The van der Waals surface area contributed by atoms with E-state index in [9.17, 15) is 9.59 Å². The lowest BCUT2D eigenvalue weighted by atomic mass is 10.0. The van der Waals surface area contributed by atoms with Crippen LogP contribution in [-0.4, -0.2) is 16.8 Å². The number of nitrogens with one attached hydrogen (secondary N) is 1. The summed E-state index contributed by atoms with van der Waals surface area (Å²) in [5, 5.41) is 7.10. The van der Waals surface area contributed by atoms with Crippen molar-refractivity contribution in [3.05, 3.63) is 111 Å². The van der Waals surface area contributed by atoms with Gasteiger partial charge in [0, 0.05) is 16.1 Å². The molecule has 172 valence electrons. The van der Waals surface area contributed by atoms with E-state index in [0.29, 0.717) is 33.3 Å². The first-order chi connectivity index (χ1) is 16.3. The number of hydrogen-bond acceptors (Lipinski definition) is 5. The molecular formula is C27H23ClN2O4. The van der Waals surface area contributed by atoms with Crippen LogP contribution >= 0.6 is 11.6 Å². The van der Waals surface area contributed by atoms with Crippen molar-refractivity contribution in [3.63, 3.8) is 0 Å².